The highest BCUT2D eigenvalue weighted by Gasteiger charge is 2.48. The van der Waals surface area contributed by atoms with Crippen molar-refractivity contribution in [3.8, 4) is 0 Å². The third-order valence-electron chi connectivity index (χ3n) is 4.47. The predicted octanol–water partition coefficient (Wildman–Crippen LogP) is 2.70. The van der Waals surface area contributed by atoms with Crippen LogP contribution >= 0.6 is 0 Å². The van der Waals surface area contributed by atoms with Gasteiger partial charge in [-0.3, -0.25) is 10.1 Å². The molecule has 2 unspecified atom stereocenters. The third kappa shape index (κ3) is 2.27. The van der Waals surface area contributed by atoms with E-state index in [4.69, 9.17) is 0 Å². The van der Waals surface area contributed by atoms with Gasteiger partial charge in [-0.15, -0.1) is 0 Å². The number of carbonyl (C=O) groups is 1. The Morgan fingerprint density at radius 3 is 2.58 bits per heavy atom. The first-order chi connectivity index (χ1) is 9.14. The summed E-state index contributed by atoms with van der Waals surface area (Å²) in [6.07, 6.45) is 3.41. The molecule has 0 bridgehead atoms. The molecule has 3 heteroatoms. The molecular weight excluding hydrogens is 236 g/mol. The second-order valence-electron chi connectivity index (χ2n) is 6.04. The maximum atomic E-state index is 12.7. The highest BCUT2D eigenvalue weighted by Crippen LogP contribution is 2.37. The summed E-state index contributed by atoms with van der Waals surface area (Å²) in [6, 6.07) is 10.3. The molecule has 1 aromatic carbocycles. The van der Waals surface area contributed by atoms with Crippen molar-refractivity contribution in [2.45, 2.75) is 44.8 Å². The summed E-state index contributed by atoms with van der Waals surface area (Å²) >= 11 is 0. The van der Waals surface area contributed by atoms with Gasteiger partial charge in [0.2, 0.25) is 5.91 Å². The number of amides is 1. The number of nitrogens with zero attached hydrogens (tertiary/aromatic N) is 1. The quantitative estimate of drug-likeness (QED) is 0.900. The van der Waals surface area contributed by atoms with Gasteiger partial charge in [0.15, 0.2) is 0 Å². The number of hydrogen-bond acceptors (Lipinski definition) is 2. The Morgan fingerprint density at radius 2 is 2.00 bits per heavy atom. The van der Waals surface area contributed by atoms with Crippen LogP contribution in [0, 0.1) is 5.92 Å². The maximum absolute atomic E-state index is 12.7. The molecule has 2 fully saturated rings. The number of nitrogens with one attached hydrogen (secondary N) is 1. The van der Waals surface area contributed by atoms with Gasteiger partial charge in [-0.1, -0.05) is 37.3 Å². The molecule has 1 saturated heterocycles. The maximum Gasteiger partial charge on any atom is 0.244 e. The van der Waals surface area contributed by atoms with Gasteiger partial charge in [0.1, 0.15) is 6.17 Å². The van der Waals surface area contributed by atoms with Crippen molar-refractivity contribution >= 4 is 5.91 Å². The van der Waals surface area contributed by atoms with E-state index < -0.39 is 5.54 Å². The fourth-order valence-corrected chi connectivity index (χ4v) is 2.79. The van der Waals surface area contributed by atoms with Crippen LogP contribution in [-0.4, -0.2) is 22.9 Å². The Kier molecular flexibility index (Phi) is 3.09. The third-order valence-corrected chi connectivity index (χ3v) is 4.47. The van der Waals surface area contributed by atoms with Crippen LogP contribution < -0.4 is 5.32 Å². The molecule has 1 aliphatic heterocycles. The molecule has 1 heterocycles. The number of carbonyl (C=O) groups excluding carboxylic acids is 1. The van der Waals surface area contributed by atoms with Crippen molar-refractivity contribution in [1.29, 1.82) is 0 Å². The van der Waals surface area contributed by atoms with E-state index in [9.17, 15) is 4.79 Å². The zero-order valence-electron chi connectivity index (χ0n) is 11.7. The van der Waals surface area contributed by atoms with Gasteiger partial charge in [0, 0.05) is 6.54 Å². The summed E-state index contributed by atoms with van der Waals surface area (Å²) in [5.74, 6) is 0.979. The number of hydrogen-bond donors (Lipinski definition) is 1. The zero-order chi connectivity index (χ0) is 13.5. The summed E-state index contributed by atoms with van der Waals surface area (Å²) in [5, 5.41) is 3.54. The predicted molar refractivity (Wildman–Crippen MR) is 75.5 cm³/mol. The van der Waals surface area contributed by atoms with E-state index in [0.29, 0.717) is 0 Å². The molecule has 19 heavy (non-hydrogen) atoms. The molecule has 0 aromatic heterocycles. The Hall–Kier alpha value is -1.35. The SMILES string of the molecule is CCC1(C)NC(c2ccccc2)N(CC2CC2)C1=O. The van der Waals surface area contributed by atoms with Crippen LogP contribution in [-0.2, 0) is 4.79 Å². The molecule has 3 rings (SSSR count). The average Bonchev–Trinajstić information content (AvgIpc) is 3.22. The van der Waals surface area contributed by atoms with Gasteiger partial charge in [-0.05, 0) is 37.7 Å². The molecular formula is C16H22N2O. The van der Waals surface area contributed by atoms with Crippen molar-refractivity contribution in [3.63, 3.8) is 0 Å². The second-order valence-corrected chi connectivity index (χ2v) is 6.04. The lowest BCUT2D eigenvalue weighted by atomic mass is 9.99. The summed E-state index contributed by atoms with van der Waals surface area (Å²) in [4.78, 5) is 14.7. The van der Waals surface area contributed by atoms with Crippen LogP contribution in [0.1, 0.15) is 44.8 Å². The van der Waals surface area contributed by atoms with Crippen molar-refractivity contribution in [2.75, 3.05) is 6.54 Å². The van der Waals surface area contributed by atoms with Crippen LogP contribution in [0.25, 0.3) is 0 Å². The van der Waals surface area contributed by atoms with Crippen LogP contribution in [0.3, 0.4) is 0 Å². The van der Waals surface area contributed by atoms with Crippen LogP contribution in [0.5, 0.6) is 0 Å². The molecule has 2 aliphatic rings. The van der Waals surface area contributed by atoms with Gasteiger partial charge >= 0.3 is 0 Å². The van der Waals surface area contributed by atoms with Crippen molar-refractivity contribution in [2.24, 2.45) is 5.92 Å². The molecule has 1 amide bonds. The monoisotopic (exact) mass is 258 g/mol. The van der Waals surface area contributed by atoms with E-state index in [0.717, 1.165) is 18.9 Å². The Bertz CT molecular complexity index is 469. The molecule has 3 nitrogen and oxygen atoms in total. The minimum atomic E-state index is -0.407. The first-order valence-electron chi connectivity index (χ1n) is 7.28. The molecule has 1 saturated carbocycles. The summed E-state index contributed by atoms with van der Waals surface area (Å²) in [5.41, 5.74) is 0.781. The molecule has 1 N–H and O–H groups in total. The highest BCUT2D eigenvalue weighted by molar-refractivity contribution is 5.88. The van der Waals surface area contributed by atoms with Crippen molar-refractivity contribution in [1.82, 2.24) is 10.2 Å². The second kappa shape index (κ2) is 4.64. The lowest BCUT2D eigenvalue weighted by molar-refractivity contribution is -0.133. The van der Waals surface area contributed by atoms with E-state index in [2.05, 4.69) is 29.3 Å². The lowest BCUT2D eigenvalue weighted by Gasteiger charge is -2.24. The molecule has 1 aliphatic carbocycles. The van der Waals surface area contributed by atoms with Crippen LogP contribution in [0.2, 0.25) is 0 Å². The number of rotatable bonds is 4. The average molecular weight is 258 g/mol. The van der Waals surface area contributed by atoms with Crippen LogP contribution in [0.4, 0.5) is 0 Å². The smallest absolute Gasteiger partial charge is 0.244 e. The van der Waals surface area contributed by atoms with Gasteiger partial charge in [0.05, 0.1) is 5.54 Å². The summed E-state index contributed by atoms with van der Waals surface area (Å²) < 4.78 is 0. The van der Waals surface area contributed by atoms with E-state index in [1.54, 1.807) is 0 Å². The van der Waals surface area contributed by atoms with E-state index in [-0.39, 0.29) is 12.1 Å². The van der Waals surface area contributed by atoms with Gasteiger partial charge in [-0.25, -0.2) is 0 Å². The normalized spacial score (nSPS) is 30.9. The largest absolute Gasteiger partial charge is 0.321 e. The standard InChI is InChI=1S/C16H22N2O/c1-3-16(2)15(19)18(11-12-9-10-12)14(17-16)13-7-5-4-6-8-13/h4-8,12,14,17H,3,9-11H2,1-2H3. The minimum Gasteiger partial charge on any atom is -0.321 e. The molecule has 0 radical (unpaired) electrons. The Balaban J connectivity index is 1.89. The summed E-state index contributed by atoms with van der Waals surface area (Å²) in [7, 11) is 0. The van der Waals surface area contributed by atoms with Gasteiger partial charge in [0.25, 0.3) is 0 Å². The van der Waals surface area contributed by atoms with Gasteiger partial charge < -0.3 is 4.90 Å². The lowest BCUT2D eigenvalue weighted by Crippen LogP contribution is -2.43. The van der Waals surface area contributed by atoms with E-state index >= 15 is 0 Å². The fourth-order valence-electron chi connectivity index (χ4n) is 2.79. The topological polar surface area (TPSA) is 32.3 Å². The molecule has 1 aromatic rings. The van der Waals surface area contributed by atoms with Gasteiger partial charge in [-0.2, -0.15) is 0 Å². The Labute approximate surface area is 115 Å². The highest BCUT2D eigenvalue weighted by atomic mass is 16.2. The molecule has 2 atom stereocenters. The van der Waals surface area contributed by atoms with Crippen molar-refractivity contribution < 1.29 is 4.79 Å². The molecule has 0 spiro atoms. The summed E-state index contributed by atoms with van der Waals surface area (Å²) in [6.45, 7) is 5.01. The first kappa shape index (κ1) is 12.7. The molecule has 102 valence electrons. The Morgan fingerprint density at radius 1 is 1.32 bits per heavy atom. The fraction of sp³-hybridized carbons (Fsp3) is 0.562. The van der Waals surface area contributed by atoms with Crippen LogP contribution in [0.15, 0.2) is 30.3 Å². The first-order valence-corrected chi connectivity index (χ1v) is 7.28. The van der Waals surface area contributed by atoms with E-state index in [1.165, 1.54) is 18.4 Å². The minimum absolute atomic E-state index is 0.0410. The number of benzene rings is 1. The van der Waals surface area contributed by atoms with E-state index in [1.807, 2.05) is 25.1 Å². The zero-order valence-corrected chi connectivity index (χ0v) is 11.7. The van der Waals surface area contributed by atoms with Crippen molar-refractivity contribution in [3.05, 3.63) is 35.9 Å².